The van der Waals surface area contributed by atoms with E-state index in [0.717, 1.165) is 17.5 Å². The Morgan fingerprint density at radius 2 is 1.97 bits per heavy atom. The number of ether oxygens (including phenoxy) is 1. The van der Waals surface area contributed by atoms with Gasteiger partial charge in [-0.15, -0.1) is 0 Å². The summed E-state index contributed by atoms with van der Waals surface area (Å²) in [5.41, 5.74) is 2.55. The number of thiocarbonyl (C=S) groups is 1. The van der Waals surface area contributed by atoms with Crippen molar-refractivity contribution < 1.29 is 9.53 Å². The molecule has 0 radical (unpaired) electrons. The molecule has 0 saturated carbocycles. The number of aryl methyl sites for hydroxylation is 1. The normalized spacial score (nSPS) is 15.0. The van der Waals surface area contributed by atoms with Crippen LogP contribution in [0, 0.1) is 6.92 Å². The number of hydrogen-bond acceptors (Lipinski definition) is 7. The molecule has 34 heavy (non-hydrogen) atoms. The van der Waals surface area contributed by atoms with Crippen molar-refractivity contribution in [2.45, 2.75) is 26.8 Å². The number of fused-ring (bicyclic) bond motifs is 1. The zero-order valence-electron chi connectivity index (χ0n) is 19.1. The first kappa shape index (κ1) is 24.1. The highest BCUT2D eigenvalue weighted by molar-refractivity contribution is 8.26. The summed E-state index contributed by atoms with van der Waals surface area (Å²) in [6.07, 6.45) is 4.13. The van der Waals surface area contributed by atoms with Crippen LogP contribution in [-0.4, -0.2) is 44.3 Å². The minimum atomic E-state index is -0.241. The number of carbonyl (C=O) groups excluding carboxylic acids is 1. The van der Waals surface area contributed by atoms with Crippen LogP contribution in [0.15, 0.2) is 58.4 Å². The molecule has 0 spiro atoms. The summed E-state index contributed by atoms with van der Waals surface area (Å²) in [6.45, 7) is 6.12. The zero-order valence-corrected chi connectivity index (χ0v) is 20.7. The second kappa shape index (κ2) is 10.9. The van der Waals surface area contributed by atoms with Gasteiger partial charge in [-0.1, -0.05) is 60.4 Å². The van der Waals surface area contributed by atoms with E-state index in [2.05, 4.69) is 10.3 Å². The van der Waals surface area contributed by atoms with Crippen LogP contribution in [0.2, 0.25) is 0 Å². The Balaban J connectivity index is 1.68. The maximum atomic E-state index is 13.4. The predicted molar refractivity (Wildman–Crippen MR) is 141 cm³/mol. The van der Waals surface area contributed by atoms with E-state index in [9.17, 15) is 9.59 Å². The number of pyridine rings is 1. The third kappa shape index (κ3) is 5.38. The molecule has 1 aliphatic heterocycles. The Kier molecular flexibility index (Phi) is 7.77. The van der Waals surface area contributed by atoms with Crippen molar-refractivity contribution in [3.63, 3.8) is 0 Å². The molecule has 1 N–H and O–H groups in total. The average molecular weight is 495 g/mol. The Morgan fingerprint density at radius 3 is 2.74 bits per heavy atom. The van der Waals surface area contributed by atoms with E-state index in [1.807, 2.05) is 56.3 Å². The van der Waals surface area contributed by atoms with Gasteiger partial charge in [-0.2, -0.15) is 0 Å². The van der Waals surface area contributed by atoms with Gasteiger partial charge in [-0.25, -0.2) is 4.98 Å². The van der Waals surface area contributed by atoms with Crippen LogP contribution in [0.5, 0.6) is 0 Å². The number of aromatic nitrogens is 2. The molecule has 3 heterocycles. The Morgan fingerprint density at radius 1 is 1.18 bits per heavy atom. The monoisotopic (exact) mass is 494 g/mol. The first-order valence-electron chi connectivity index (χ1n) is 11.1. The fourth-order valence-corrected chi connectivity index (χ4v) is 4.82. The summed E-state index contributed by atoms with van der Waals surface area (Å²) in [7, 11) is 0. The first-order chi connectivity index (χ1) is 16.5. The minimum Gasteiger partial charge on any atom is -0.382 e. The predicted octanol–water partition coefficient (Wildman–Crippen LogP) is 4.24. The fourth-order valence-electron chi connectivity index (χ4n) is 3.58. The van der Waals surface area contributed by atoms with Crippen molar-refractivity contribution in [2.24, 2.45) is 0 Å². The molecule has 0 bridgehead atoms. The van der Waals surface area contributed by atoms with Crippen molar-refractivity contribution >= 4 is 51.7 Å². The molecular weight excluding hydrogens is 468 g/mol. The van der Waals surface area contributed by atoms with E-state index >= 15 is 0 Å². The standard InChI is InChI=1S/C25H26N4O3S2/c1-3-32-13-7-12-26-22-19(23(30)28-15-17(2)10-11-21(28)27-22)14-20-24(31)29(25(33)34-20)16-18-8-5-4-6-9-18/h4-6,8-11,14-15,26H,3,7,12-13,16H2,1-2H3/b20-14+. The van der Waals surface area contributed by atoms with Gasteiger partial charge >= 0.3 is 0 Å². The van der Waals surface area contributed by atoms with E-state index in [4.69, 9.17) is 17.0 Å². The molecule has 7 nitrogen and oxygen atoms in total. The van der Waals surface area contributed by atoms with Crippen molar-refractivity contribution in [2.75, 3.05) is 25.1 Å². The number of carbonyl (C=O) groups is 1. The molecule has 1 amide bonds. The number of nitrogens with one attached hydrogen (secondary N) is 1. The maximum Gasteiger partial charge on any atom is 0.267 e. The number of amides is 1. The number of rotatable bonds is 9. The second-order valence-electron chi connectivity index (χ2n) is 7.84. The highest BCUT2D eigenvalue weighted by atomic mass is 32.2. The molecule has 3 aromatic rings. The molecule has 2 aromatic heterocycles. The zero-order chi connectivity index (χ0) is 24.1. The lowest BCUT2D eigenvalue weighted by Gasteiger charge is -2.14. The van der Waals surface area contributed by atoms with Gasteiger partial charge in [0.2, 0.25) is 0 Å². The van der Waals surface area contributed by atoms with Gasteiger partial charge in [0.05, 0.1) is 17.0 Å². The lowest BCUT2D eigenvalue weighted by molar-refractivity contribution is -0.122. The van der Waals surface area contributed by atoms with E-state index in [1.165, 1.54) is 16.2 Å². The number of hydrogen-bond donors (Lipinski definition) is 1. The van der Waals surface area contributed by atoms with Gasteiger partial charge in [-0.3, -0.25) is 18.9 Å². The van der Waals surface area contributed by atoms with Crippen molar-refractivity contribution in [1.29, 1.82) is 0 Å². The number of anilines is 1. The van der Waals surface area contributed by atoms with Crippen LogP contribution in [-0.2, 0) is 16.1 Å². The topological polar surface area (TPSA) is 75.9 Å². The lowest BCUT2D eigenvalue weighted by atomic mass is 10.2. The average Bonchev–Trinajstić information content (AvgIpc) is 3.09. The van der Waals surface area contributed by atoms with Crippen LogP contribution in [0.1, 0.15) is 30.0 Å². The molecule has 1 fully saturated rings. The fraction of sp³-hybridized carbons (Fsp3) is 0.280. The molecule has 1 aliphatic rings. The van der Waals surface area contributed by atoms with Crippen LogP contribution >= 0.6 is 24.0 Å². The summed E-state index contributed by atoms with van der Waals surface area (Å²) < 4.78 is 7.38. The van der Waals surface area contributed by atoms with Crippen LogP contribution in [0.4, 0.5) is 5.82 Å². The summed E-state index contributed by atoms with van der Waals surface area (Å²) in [6, 6.07) is 13.4. The van der Waals surface area contributed by atoms with Crippen molar-refractivity contribution in [3.8, 4) is 0 Å². The molecule has 0 atom stereocenters. The van der Waals surface area contributed by atoms with Gasteiger partial charge < -0.3 is 10.1 Å². The molecule has 4 rings (SSSR count). The van der Waals surface area contributed by atoms with Crippen LogP contribution in [0.3, 0.4) is 0 Å². The van der Waals surface area contributed by atoms with Crippen LogP contribution in [0.25, 0.3) is 11.7 Å². The second-order valence-corrected chi connectivity index (χ2v) is 9.52. The largest absolute Gasteiger partial charge is 0.382 e. The molecule has 0 aliphatic carbocycles. The van der Waals surface area contributed by atoms with Gasteiger partial charge in [0.1, 0.15) is 15.8 Å². The third-order valence-electron chi connectivity index (χ3n) is 5.30. The van der Waals surface area contributed by atoms with E-state index < -0.39 is 0 Å². The van der Waals surface area contributed by atoms with E-state index in [-0.39, 0.29) is 11.5 Å². The Hall–Kier alpha value is -3.01. The molecular formula is C25H26N4O3S2. The smallest absolute Gasteiger partial charge is 0.267 e. The first-order valence-corrected chi connectivity index (χ1v) is 12.3. The highest BCUT2D eigenvalue weighted by Crippen LogP contribution is 2.34. The Labute approximate surface area is 207 Å². The summed E-state index contributed by atoms with van der Waals surface area (Å²) in [5, 5.41) is 3.25. The van der Waals surface area contributed by atoms with Gasteiger partial charge in [-0.05, 0) is 43.5 Å². The summed E-state index contributed by atoms with van der Waals surface area (Å²) in [4.78, 5) is 33.2. The number of benzene rings is 1. The summed E-state index contributed by atoms with van der Waals surface area (Å²) >= 11 is 6.68. The molecule has 9 heteroatoms. The van der Waals surface area contributed by atoms with Crippen molar-refractivity contribution in [3.05, 3.63) is 80.6 Å². The van der Waals surface area contributed by atoms with Gasteiger partial charge in [0, 0.05) is 26.0 Å². The van der Waals surface area contributed by atoms with Gasteiger partial charge in [0.15, 0.2) is 0 Å². The van der Waals surface area contributed by atoms with Crippen molar-refractivity contribution in [1.82, 2.24) is 14.3 Å². The van der Waals surface area contributed by atoms with Gasteiger partial charge in [0.25, 0.3) is 11.5 Å². The molecule has 176 valence electrons. The molecule has 0 unspecified atom stereocenters. The highest BCUT2D eigenvalue weighted by Gasteiger charge is 2.32. The molecule has 1 aromatic carbocycles. The third-order valence-corrected chi connectivity index (χ3v) is 6.68. The lowest BCUT2D eigenvalue weighted by Crippen LogP contribution is -2.27. The molecule has 1 saturated heterocycles. The summed E-state index contributed by atoms with van der Waals surface area (Å²) in [5.74, 6) is 0.230. The quantitative estimate of drug-likeness (QED) is 0.271. The SMILES string of the molecule is CCOCCCNc1nc2ccc(C)cn2c(=O)c1/C=C1/SC(=S)N(Cc2ccccc2)C1=O. The Bertz CT molecular complexity index is 1300. The van der Waals surface area contributed by atoms with Crippen LogP contribution < -0.4 is 10.9 Å². The van der Waals surface area contributed by atoms with E-state index in [0.29, 0.717) is 52.6 Å². The minimum absolute atomic E-state index is 0.213. The maximum absolute atomic E-state index is 13.4. The number of thioether (sulfide) groups is 1. The van der Waals surface area contributed by atoms with E-state index in [1.54, 1.807) is 17.2 Å². The number of nitrogens with zero attached hydrogens (tertiary/aromatic N) is 3.